The van der Waals surface area contributed by atoms with E-state index in [2.05, 4.69) is 5.18 Å². The molecule has 0 bridgehead atoms. The Hall–Kier alpha value is -1.19. The van der Waals surface area contributed by atoms with Crippen molar-refractivity contribution in [2.45, 2.75) is 32.8 Å². The molecular weight excluding hydrogens is 170 g/mol. The predicted octanol–water partition coefficient (Wildman–Crippen LogP) is 1.79. The summed E-state index contributed by atoms with van der Waals surface area (Å²) in [6.07, 6.45) is 0.594. The number of hydrogen-bond donors (Lipinski definition) is 0. The molecule has 0 amide bonds. The van der Waals surface area contributed by atoms with Gasteiger partial charge in [-0.2, -0.15) is 4.91 Å². The minimum absolute atomic E-state index is 0.0172. The van der Waals surface area contributed by atoms with E-state index in [9.17, 15) is 9.70 Å². The molecule has 0 aromatic rings. The number of carbonyl (C=O) groups is 1. The maximum absolute atomic E-state index is 11.3. The van der Waals surface area contributed by atoms with Crippen molar-refractivity contribution in [3.63, 3.8) is 0 Å². The van der Waals surface area contributed by atoms with Crippen molar-refractivity contribution in [2.24, 2.45) is 5.18 Å². The number of nitrogens with zero attached hydrogens (tertiary/aromatic N) is 1. The van der Waals surface area contributed by atoms with Crippen molar-refractivity contribution >= 4 is 5.97 Å². The van der Waals surface area contributed by atoms with Gasteiger partial charge in [-0.05, 0) is 20.8 Å². The number of nitroso groups, excluding NO2 is 1. The molecule has 0 radical (unpaired) electrons. The Labute approximate surface area is 76.9 Å². The number of ether oxygens (including phenoxy) is 1. The lowest BCUT2D eigenvalue weighted by molar-refractivity contribution is -0.154. The van der Waals surface area contributed by atoms with Gasteiger partial charge >= 0.3 is 5.97 Å². The first-order valence-corrected chi connectivity index (χ1v) is 4.17. The Balaban J connectivity index is 2.89. The fraction of sp³-hybridized carbons (Fsp3) is 0.667. The highest BCUT2D eigenvalue weighted by molar-refractivity contribution is 5.89. The van der Waals surface area contributed by atoms with Crippen LogP contribution in [-0.2, 0) is 9.53 Å². The molecule has 72 valence electrons. The molecule has 0 spiro atoms. The molecule has 0 aromatic carbocycles. The van der Waals surface area contributed by atoms with E-state index in [0.717, 1.165) is 5.57 Å². The lowest BCUT2D eigenvalue weighted by Gasteiger charge is -2.32. The monoisotopic (exact) mass is 183 g/mol. The summed E-state index contributed by atoms with van der Waals surface area (Å²) in [5.41, 5.74) is 0.883. The van der Waals surface area contributed by atoms with Gasteiger partial charge in [-0.1, -0.05) is 10.7 Å². The fourth-order valence-corrected chi connectivity index (χ4v) is 1.43. The zero-order valence-corrected chi connectivity index (χ0v) is 8.09. The first-order chi connectivity index (χ1) is 5.98. The quantitative estimate of drug-likeness (QED) is 0.484. The minimum atomic E-state index is -0.734. The van der Waals surface area contributed by atoms with Crippen LogP contribution in [-0.4, -0.2) is 18.1 Å². The maximum atomic E-state index is 11.3. The Kier molecular flexibility index (Phi) is 2.50. The van der Waals surface area contributed by atoms with E-state index in [4.69, 9.17) is 4.74 Å². The average molecular weight is 183 g/mol. The molecule has 0 aromatic heterocycles. The lowest BCUT2D eigenvalue weighted by Crippen LogP contribution is -2.39. The highest BCUT2D eigenvalue weighted by Gasteiger charge is 2.35. The van der Waals surface area contributed by atoms with Crippen LogP contribution in [0.1, 0.15) is 27.2 Å². The van der Waals surface area contributed by atoms with E-state index in [1.165, 1.54) is 0 Å². The van der Waals surface area contributed by atoms with Crippen LogP contribution in [0.2, 0.25) is 0 Å². The third kappa shape index (κ3) is 1.94. The zero-order valence-electron chi connectivity index (χ0n) is 8.09. The molecular formula is C9H13NO3. The highest BCUT2D eigenvalue weighted by Crippen LogP contribution is 2.29. The van der Waals surface area contributed by atoms with Crippen LogP contribution in [0.25, 0.3) is 0 Å². The third-order valence-corrected chi connectivity index (χ3v) is 2.32. The van der Waals surface area contributed by atoms with Crippen LogP contribution in [0.15, 0.2) is 16.3 Å². The Morgan fingerprint density at radius 2 is 2.15 bits per heavy atom. The van der Waals surface area contributed by atoms with Crippen LogP contribution in [0.3, 0.4) is 0 Å². The molecule has 0 saturated heterocycles. The summed E-state index contributed by atoms with van der Waals surface area (Å²) < 4.78 is 5.11. The van der Waals surface area contributed by atoms with Gasteiger partial charge in [0.1, 0.15) is 12.1 Å². The second-order valence-corrected chi connectivity index (χ2v) is 3.71. The van der Waals surface area contributed by atoms with Gasteiger partial charge in [-0.25, -0.2) is 4.79 Å². The van der Waals surface area contributed by atoms with Gasteiger partial charge in [-0.15, -0.1) is 0 Å². The molecule has 0 fully saturated rings. The number of carbonyl (C=O) groups excluding carboxylic acids is 1. The molecule has 13 heavy (non-hydrogen) atoms. The van der Waals surface area contributed by atoms with Gasteiger partial charge in [0, 0.05) is 12.0 Å². The first kappa shape index (κ1) is 9.89. The standard InChI is InChI=1S/C9H13NO3/c1-6-4-9(3,5-10-12)13-8(11)7(6)2/h4-5H2,1-3H3. The summed E-state index contributed by atoms with van der Waals surface area (Å²) in [6, 6.07) is 0. The lowest BCUT2D eigenvalue weighted by atomic mass is 9.91. The summed E-state index contributed by atoms with van der Waals surface area (Å²) in [6.45, 7) is 5.34. The molecule has 4 heteroatoms. The summed E-state index contributed by atoms with van der Waals surface area (Å²) in [5, 5.41) is 2.78. The van der Waals surface area contributed by atoms with Crippen LogP contribution < -0.4 is 0 Å². The summed E-state index contributed by atoms with van der Waals surface area (Å²) in [4.78, 5) is 21.4. The average Bonchev–Trinajstić information content (AvgIpc) is 2.00. The Morgan fingerprint density at radius 3 is 2.62 bits per heavy atom. The second-order valence-electron chi connectivity index (χ2n) is 3.71. The molecule has 1 atom stereocenters. The van der Waals surface area contributed by atoms with Gasteiger partial charge in [-0.3, -0.25) is 0 Å². The highest BCUT2D eigenvalue weighted by atomic mass is 16.6. The fourth-order valence-electron chi connectivity index (χ4n) is 1.43. The van der Waals surface area contributed by atoms with E-state index in [-0.39, 0.29) is 12.5 Å². The van der Waals surface area contributed by atoms with Crippen LogP contribution >= 0.6 is 0 Å². The molecule has 1 aliphatic heterocycles. The molecule has 1 aliphatic rings. The van der Waals surface area contributed by atoms with E-state index >= 15 is 0 Å². The van der Waals surface area contributed by atoms with Crippen molar-refractivity contribution in [1.82, 2.24) is 0 Å². The number of hydrogen-bond acceptors (Lipinski definition) is 4. The molecule has 1 rings (SSSR count). The summed E-state index contributed by atoms with van der Waals surface area (Å²) >= 11 is 0. The molecule has 0 saturated carbocycles. The largest absolute Gasteiger partial charge is 0.454 e. The molecule has 0 N–H and O–H groups in total. The first-order valence-electron chi connectivity index (χ1n) is 4.17. The third-order valence-electron chi connectivity index (χ3n) is 2.32. The van der Waals surface area contributed by atoms with Crippen molar-refractivity contribution in [3.8, 4) is 0 Å². The van der Waals surface area contributed by atoms with Crippen molar-refractivity contribution in [1.29, 1.82) is 0 Å². The van der Waals surface area contributed by atoms with Gasteiger partial charge in [0.15, 0.2) is 0 Å². The number of esters is 1. The van der Waals surface area contributed by atoms with Crippen molar-refractivity contribution in [2.75, 3.05) is 6.54 Å². The summed E-state index contributed by atoms with van der Waals surface area (Å²) in [7, 11) is 0. The molecule has 0 aliphatic carbocycles. The van der Waals surface area contributed by atoms with Crippen LogP contribution in [0, 0.1) is 4.91 Å². The maximum Gasteiger partial charge on any atom is 0.334 e. The SMILES string of the molecule is CC1=C(C)C(=O)OC(C)(CN=O)C1. The van der Waals surface area contributed by atoms with Gasteiger partial charge in [0.2, 0.25) is 0 Å². The Morgan fingerprint density at radius 1 is 1.54 bits per heavy atom. The molecule has 4 nitrogen and oxygen atoms in total. The second kappa shape index (κ2) is 3.28. The topological polar surface area (TPSA) is 55.7 Å². The van der Waals surface area contributed by atoms with E-state index < -0.39 is 5.60 Å². The molecule has 1 unspecified atom stereocenters. The number of cyclic esters (lactones) is 1. The number of rotatable bonds is 2. The van der Waals surface area contributed by atoms with Crippen LogP contribution in [0.5, 0.6) is 0 Å². The minimum Gasteiger partial charge on any atom is -0.454 e. The van der Waals surface area contributed by atoms with Gasteiger partial charge < -0.3 is 4.74 Å². The van der Waals surface area contributed by atoms with Crippen molar-refractivity contribution in [3.05, 3.63) is 16.1 Å². The van der Waals surface area contributed by atoms with E-state index in [1.807, 2.05) is 6.92 Å². The van der Waals surface area contributed by atoms with Crippen LogP contribution in [0.4, 0.5) is 0 Å². The summed E-state index contributed by atoms with van der Waals surface area (Å²) in [5.74, 6) is -0.338. The zero-order chi connectivity index (χ0) is 10.1. The Bertz CT molecular complexity index is 283. The normalized spacial score (nSPS) is 28.7. The van der Waals surface area contributed by atoms with Gasteiger partial charge in [0.25, 0.3) is 0 Å². The van der Waals surface area contributed by atoms with Crippen molar-refractivity contribution < 1.29 is 9.53 Å². The smallest absolute Gasteiger partial charge is 0.334 e. The predicted molar refractivity (Wildman–Crippen MR) is 48.2 cm³/mol. The van der Waals surface area contributed by atoms with Gasteiger partial charge in [0.05, 0.1) is 0 Å². The van der Waals surface area contributed by atoms with E-state index in [0.29, 0.717) is 12.0 Å². The molecule has 1 heterocycles. The van der Waals surface area contributed by atoms with E-state index in [1.54, 1.807) is 13.8 Å².